The van der Waals surface area contributed by atoms with Crippen LogP contribution in [0, 0.1) is 6.92 Å². The Morgan fingerprint density at radius 3 is 2.54 bits per heavy atom. The van der Waals surface area contributed by atoms with Gasteiger partial charge in [-0.2, -0.15) is 5.10 Å². The van der Waals surface area contributed by atoms with Crippen LogP contribution in [0.1, 0.15) is 37.3 Å². The summed E-state index contributed by atoms with van der Waals surface area (Å²) in [6.45, 7) is 6.71. The lowest BCUT2D eigenvalue weighted by Gasteiger charge is -2.05. The van der Waals surface area contributed by atoms with Gasteiger partial charge in [0.15, 0.2) is 0 Å². The molecule has 0 aliphatic carbocycles. The number of rotatable bonds is 7. The minimum Gasteiger partial charge on any atom is -0.494 e. The van der Waals surface area contributed by atoms with E-state index in [1.54, 1.807) is 11.3 Å². The Morgan fingerprint density at radius 2 is 1.92 bits per heavy atom. The molecule has 0 amide bonds. The van der Waals surface area contributed by atoms with E-state index in [9.17, 15) is 0 Å². The molecule has 6 nitrogen and oxygen atoms in total. The number of hydrogen-bond donors (Lipinski definition) is 2. The molecule has 0 fully saturated rings. The van der Waals surface area contributed by atoms with E-state index in [2.05, 4.69) is 22.1 Å². The Balaban J connectivity index is 2.17. The highest BCUT2D eigenvalue weighted by atomic mass is 32.1. The number of nitrogens with two attached hydrogens (primary N) is 2. The molecule has 0 aliphatic heterocycles. The Morgan fingerprint density at radius 1 is 1.21 bits per heavy atom. The predicted octanol–water partition coefficient (Wildman–Crippen LogP) is 3.29. The minimum atomic E-state index is -0.0598. The van der Waals surface area contributed by atoms with Gasteiger partial charge in [0.25, 0.3) is 0 Å². The van der Waals surface area contributed by atoms with Crippen LogP contribution in [0.25, 0.3) is 10.6 Å². The maximum Gasteiger partial charge on any atom is 0.211 e. The SMILES string of the molecule is CCCCOc1ccc(-c2nc(C)c(/C(C)=N/N=C(N)N)s2)cc1. The second-order valence-corrected chi connectivity index (χ2v) is 6.37. The summed E-state index contributed by atoms with van der Waals surface area (Å²) in [7, 11) is 0. The zero-order chi connectivity index (χ0) is 17.5. The summed E-state index contributed by atoms with van der Waals surface area (Å²) in [5.74, 6) is 0.821. The molecule has 0 spiro atoms. The van der Waals surface area contributed by atoms with Crippen LogP contribution in [0.2, 0.25) is 0 Å². The molecule has 2 aromatic rings. The lowest BCUT2D eigenvalue weighted by Crippen LogP contribution is -2.22. The van der Waals surface area contributed by atoms with Crippen LogP contribution in [0.3, 0.4) is 0 Å². The fourth-order valence-corrected chi connectivity index (χ4v) is 3.07. The molecule has 1 aromatic heterocycles. The fraction of sp³-hybridized carbons (Fsp3) is 0.353. The van der Waals surface area contributed by atoms with Crippen LogP contribution in [0.4, 0.5) is 0 Å². The first-order valence-corrected chi connectivity index (χ1v) is 8.67. The molecule has 0 saturated heterocycles. The fourth-order valence-electron chi connectivity index (χ4n) is 2.06. The molecule has 0 bridgehead atoms. The Kier molecular flexibility index (Phi) is 6.31. The first-order chi connectivity index (χ1) is 11.5. The first kappa shape index (κ1) is 17.9. The van der Waals surface area contributed by atoms with Crippen LogP contribution in [-0.4, -0.2) is 23.3 Å². The number of unbranched alkanes of at least 4 members (excludes halogenated alkanes) is 1. The van der Waals surface area contributed by atoms with Gasteiger partial charge < -0.3 is 16.2 Å². The maximum absolute atomic E-state index is 5.68. The average Bonchev–Trinajstić information content (AvgIpc) is 2.95. The summed E-state index contributed by atoms with van der Waals surface area (Å²) < 4.78 is 5.68. The van der Waals surface area contributed by atoms with Crippen molar-refractivity contribution < 1.29 is 4.74 Å². The number of benzene rings is 1. The summed E-state index contributed by atoms with van der Waals surface area (Å²) in [4.78, 5) is 5.59. The van der Waals surface area contributed by atoms with Crippen molar-refractivity contribution in [1.82, 2.24) is 4.98 Å². The van der Waals surface area contributed by atoms with Gasteiger partial charge in [-0.25, -0.2) is 4.98 Å². The lowest BCUT2D eigenvalue weighted by atomic mass is 10.2. The summed E-state index contributed by atoms with van der Waals surface area (Å²) in [6, 6.07) is 7.99. The van der Waals surface area contributed by atoms with Gasteiger partial charge in [0.05, 0.1) is 22.9 Å². The third-order valence-corrected chi connectivity index (χ3v) is 4.62. The van der Waals surface area contributed by atoms with Crippen molar-refractivity contribution >= 4 is 23.0 Å². The number of hydrogen-bond acceptors (Lipinski definition) is 5. The summed E-state index contributed by atoms with van der Waals surface area (Å²) in [5, 5.41) is 8.65. The third-order valence-electron chi connectivity index (χ3n) is 3.31. The number of ether oxygens (including phenoxy) is 1. The van der Waals surface area contributed by atoms with E-state index in [1.165, 1.54) is 0 Å². The molecule has 1 heterocycles. The highest BCUT2D eigenvalue weighted by Gasteiger charge is 2.12. The maximum atomic E-state index is 5.68. The smallest absolute Gasteiger partial charge is 0.211 e. The molecule has 0 unspecified atom stereocenters. The normalized spacial score (nSPS) is 11.4. The number of aromatic nitrogens is 1. The van der Waals surface area contributed by atoms with Crippen molar-refractivity contribution in [2.45, 2.75) is 33.6 Å². The first-order valence-electron chi connectivity index (χ1n) is 7.85. The summed E-state index contributed by atoms with van der Waals surface area (Å²) in [6.07, 6.45) is 2.19. The highest BCUT2D eigenvalue weighted by molar-refractivity contribution is 7.17. The van der Waals surface area contributed by atoms with Crippen LogP contribution >= 0.6 is 11.3 Å². The van der Waals surface area contributed by atoms with E-state index in [4.69, 9.17) is 16.2 Å². The lowest BCUT2D eigenvalue weighted by molar-refractivity contribution is 0.309. The van der Waals surface area contributed by atoms with Crippen LogP contribution < -0.4 is 16.2 Å². The molecule has 128 valence electrons. The zero-order valence-electron chi connectivity index (χ0n) is 14.2. The topological polar surface area (TPSA) is 98.9 Å². The van der Waals surface area contributed by atoms with E-state index in [0.717, 1.165) is 52.1 Å². The Labute approximate surface area is 146 Å². The molecule has 1 aromatic carbocycles. The predicted molar refractivity (Wildman–Crippen MR) is 101 cm³/mol. The van der Waals surface area contributed by atoms with Crippen molar-refractivity contribution in [1.29, 1.82) is 0 Å². The highest BCUT2D eigenvalue weighted by Crippen LogP contribution is 2.29. The second-order valence-electron chi connectivity index (χ2n) is 5.37. The molecular weight excluding hydrogens is 322 g/mol. The van der Waals surface area contributed by atoms with Crippen molar-refractivity contribution in [3.63, 3.8) is 0 Å². The van der Waals surface area contributed by atoms with Crippen molar-refractivity contribution in [3.8, 4) is 16.3 Å². The van der Waals surface area contributed by atoms with Crippen LogP contribution in [0.15, 0.2) is 34.5 Å². The van der Waals surface area contributed by atoms with E-state index < -0.39 is 0 Å². The quantitative estimate of drug-likeness (QED) is 0.348. The van der Waals surface area contributed by atoms with Gasteiger partial charge in [0.1, 0.15) is 10.8 Å². The molecule has 24 heavy (non-hydrogen) atoms. The molecule has 0 radical (unpaired) electrons. The molecule has 2 rings (SSSR count). The Bertz CT molecular complexity index is 730. The third kappa shape index (κ3) is 4.79. The molecule has 4 N–H and O–H groups in total. The minimum absolute atomic E-state index is 0.0598. The molecule has 0 aliphatic rings. The van der Waals surface area contributed by atoms with Gasteiger partial charge in [-0.1, -0.05) is 13.3 Å². The van der Waals surface area contributed by atoms with Gasteiger partial charge in [-0.3, -0.25) is 0 Å². The molecule has 0 atom stereocenters. The molecular formula is C17H23N5OS. The van der Waals surface area contributed by atoms with E-state index >= 15 is 0 Å². The summed E-state index contributed by atoms with van der Waals surface area (Å²) >= 11 is 1.57. The van der Waals surface area contributed by atoms with Crippen LogP contribution in [-0.2, 0) is 0 Å². The van der Waals surface area contributed by atoms with Crippen molar-refractivity contribution in [2.75, 3.05) is 6.61 Å². The van der Waals surface area contributed by atoms with E-state index in [-0.39, 0.29) is 5.96 Å². The largest absolute Gasteiger partial charge is 0.494 e. The standard InChI is InChI=1S/C17H23N5OS/c1-4-5-10-23-14-8-6-13(7-9-14)16-20-11(2)15(24-16)12(3)21-22-17(18)19/h6-9H,4-5,10H2,1-3H3,(H4,18,19,22)/b21-12+. The van der Waals surface area contributed by atoms with Gasteiger partial charge in [-0.15, -0.1) is 16.4 Å². The van der Waals surface area contributed by atoms with E-state index in [1.807, 2.05) is 38.1 Å². The second kappa shape index (κ2) is 8.44. The van der Waals surface area contributed by atoms with E-state index in [0.29, 0.717) is 0 Å². The zero-order valence-corrected chi connectivity index (χ0v) is 15.1. The summed E-state index contributed by atoms with van der Waals surface area (Å²) in [5.41, 5.74) is 13.3. The number of nitrogens with zero attached hydrogens (tertiary/aromatic N) is 3. The van der Waals surface area contributed by atoms with Gasteiger partial charge >= 0.3 is 0 Å². The monoisotopic (exact) mass is 345 g/mol. The Hall–Kier alpha value is -2.41. The molecule has 7 heteroatoms. The van der Waals surface area contributed by atoms with Gasteiger partial charge in [-0.05, 0) is 44.5 Å². The van der Waals surface area contributed by atoms with Crippen molar-refractivity contribution in [3.05, 3.63) is 34.8 Å². The molecule has 0 saturated carbocycles. The van der Waals surface area contributed by atoms with Gasteiger partial charge in [0.2, 0.25) is 5.96 Å². The number of aryl methyl sites for hydroxylation is 1. The average molecular weight is 345 g/mol. The van der Waals surface area contributed by atoms with Gasteiger partial charge in [0, 0.05) is 5.56 Å². The van der Waals surface area contributed by atoms with Crippen molar-refractivity contribution in [2.24, 2.45) is 21.7 Å². The number of thiazole rings is 1. The number of guanidine groups is 1. The van der Waals surface area contributed by atoms with Crippen LogP contribution in [0.5, 0.6) is 5.75 Å².